The minimum Gasteiger partial charge on any atom is -0.193 e. The summed E-state index contributed by atoms with van der Waals surface area (Å²) in [4.78, 5) is -0.285. The van der Waals surface area contributed by atoms with Crippen molar-refractivity contribution in [2.75, 3.05) is 0 Å². The van der Waals surface area contributed by atoms with Crippen LogP contribution in [0.4, 0.5) is 0 Å². The van der Waals surface area contributed by atoms with E-state index < -0.39 is 20.2 Å². The van der Waals surface area contributed by atoms with Gasteiger partial charge in [0.2, 0.25) is 0 Å². The van der Waals surface area contributed by atoms with Crippen LogP contribution < -0.4 is 0 Å². The van der Waals surface area contributed by atoms with Crippen LogP contribution in [-0.4, -0.2) is 16.8 Å². The summed E-state index contributed by atoms with van der Waals surface area (Å²) < 4.78 is 45.5. The van der Waals surface area contributed by atoms with Crippen molar-refractivity contribution >= 4 is 20.2 Å². The molecule has 1 aliphatic heterocycles. The van der Waals surface area contributed by atoms with E-state index in [1.165, 1.54) is 0 Å². The quantitative estimate of drug-likeness (QED) is 0.509. The molecule has 0 radical (unpaired) electrons. The van der Waals surface area contributed by atoms with Gasteiger partial charge in [-0.25, -0.2) is 0 Å². The average molecular weight is 184 g/mol. The molecule has 58 valence electrons. The number of allylic oxidation sites excluding steroid dienone is 1. The third kappa shape index (κ3) is 1.20. The fraction of sp³-hybridized carbons (Fsp3) is 0.333. The molecule has 1 heterocycles. The Morgan fingerprint density at radius 2 is 1.80 bits per heavy atom. The van der Waals surface area contributed by atoms with Gasteiger partial charge in [-0.05, 0) is 6.92 Å². The second-order valence-corrected chi connectivity index (χ2v) is 5.06. The number of hydrogen-bond acceptors (Lipinski definition) is 5. The topological polar surface area (TPSA) is 77.5 Å². The molecule has 0 atom stereocenters. The highest BCUT2D eigenvalue weighted by atomic mass is 32.3. The molecule has 0 saturated heterocycles. The molecule has 0 fully saturated rings. The Hall–Kier alpha value is -0.400. The molecule has 0 aromatic heterocycles. The van der Waals surface area contributed by atoms with E-state index in [-0.39, 0.29) is 4.91 Å². The fourth-order valence-electron chi connectivity index (χ4n) is 0.460. The molecule has 0 aromatic rings. The Morgan fingerprint density at radius 3 is 1.90 bits per heavy atom. The predicted molar refractivity (Wildman–Crippen MR) is 32.7 cm³/mol. The number of hydrogen-bond donors (Lipinski definition) is 0. The van der Waals surface area contributed by atoms with E-state index in [0.29, 0.717) is 5.41 Å². The molecule has 7 heteroatoms. The highest BCUT2D eigenvalue weighted by Gasteiger charge is 2.31. The second-order valence-electron chi connectivity index (χ2n) is 1.74. The van der Waals surface area contributed by atoms with Crippen LogP contribution in [0.3, 0.4) is 0 Å². The molecule has 5 nitrogen and oxygen atoms in total. The first-order chi connectivity index (χ1) is 4.33. The van der Waals surface area contributed by atoms with Crippen LogP contribution in [0.2, 0.25) is 0 Å². The molecular formula is C3H4O5S2. The van der Waals surface area contributed by atoms with E-state index in [9.17, 15) is 16.8 Å². The van der Waals surface area contributed by atoms with Crippen molar-refractivity contribution in [1.82, 2.24) is 0 Å². The lowest BCUT2D eigenvalue weighted by atomic mass is 10.8. The minimum atomic E-state index is -3.96. The monoisotopic (exact) mass is 184 g/mol. The third-order valence-electron chi connectivity index (χ3n) is 0.889. The lowest BCUT2D eigenvalue weighted by Crippen LogP contribution is -2.01. The van der Waals surface area contributed by atoms with Crippen LogP contribution in [-0.2, 0) is 23.9 Å². The summed E-state index contributed by atoms with van der Waals surface area (Å²) >= 11 is 0. The maximum Gasteiger partial charge on any atom is 0.308 e. The van der Waals surface area contributed by atoms with Crippen molar-refractivity contribution in [1.29, 1.82) is 0 Å². The molecule has 0 aromatic carbocycles. The summed E-state index contributed by atoms with van der Waals surface area (Å²) in [6.45, 7) is 1.15. The van der Waals surface area contributed by atoms with Gasteiger partial charge in [0.1, 0.15) is 0 Å². The second kappa shape index (κ2) is 1.80. The Kier molecular flexibility index (Phi) is 1.39. The Labute approximate surface area is 58.6 Å². The molecule has 0 spiro atoms. The summed E-state index contributed by atoms with van der Waals surface area (Å²) in [6, 6.07) is 0. The van der Waals surface area contributed by atoms with E-state index in [1.54, 1.807) is 0 Å². The van der Waals surface area contributed by atoms with Crippen molar-refractivity contribution in [2.45, 2.75) is 6.92 Å². The zero-order valence-electron chi connectivity index (χ0n) is 4.94. The van der Waals surface area contributed by atoms with Crippen molar-refractivity contribution in [2.24, 2.45) is 0 Å². The summed E-state index contributed by atoms with van der Waals surface area (Å²) in [5.74, 6) is 0. The van der Waals surface area contributed by atoms with Gasteiger partial charge >= 0.3 is 20.2 Å². The van der Waals surface area contributed by atoms with E-state index in [1.807, 2.05) is 0 Å². The average Bonchev–Trinajstić information content (AvgIpc) is 1.73. The smallest absolute Gasteiger partial charge is 0.193 e. The maximum absolute atomic E-state index is 10.5. The third-order valence-corrected chi connectivity index (χ3v) is 4.06. The van der Waals surface area contributed by atoms with Gasteiger partial charge in [-0.15, -0.1) is 3.63 Å². The highest BCUT2D eigenvalue weighted by Crippen LogP contribution is 2.21. The molecule has 1 aliphatic rings. The summed E-state index contributed by atoms with van der Waals surface area (Å²) in [7, 11) is -7.91. The summed E-state index contributed by atoms with van der Waals surface area (Å²) in [5, 5.41) is 0.572. The maximum atomic E-state index is 10.5. The van der Waals surface area contributed by atoms with E-state index in [4.69, 9.17) is 0 Å². The number of rotatable bonds is 0. The first kappa shape index (κ1) is 7.70. The molecule has 0 unspecified atom stereocenters. The molecule has 1 rings (SSSR count). The van der Waals surface area contributed by atoms with E-state index >= 15 is 0 Å². The molecule has 0 aliphatic carbocycles. The molecule has 10 heavy (non-hydrogen) atoms. The molecule has 0 saturated carbocycles. The lowest BCUT2D eigenvalue weighted by molar-refractivity contribution is 0.479. The van der Waals surface area contributed by atoms with Crippen molar-refractivity contribution in [3.63, 3.8) is 0 Å². The van der Waals surface area contributed by atoms with Gasteiger partial charge in [0.05, 0.1) is 10.3 Å². The van der Waals surface area contributed by atoms with Crippen LogP contribution in [0.25, 0.3) is 0 Å². The van der Waals surface area contributed by atoms with Gasteiger partial charge in [0.15, 0.2) is 0 Å². The normalized spacial score (nSPS) is 27.9. The largest absolute Gasteiger partial charge is 0.308 e. The minimum absolute atomic E-state index is 0.285. The van der Waals surface area contributed by atoms with Crippen molar-refractivity contribution in [3.8, 4) is 0 Å². The standard InChI is InChI=1S/C3H4O5S2/c1-3-2-9(4,5)8-10(3,6)7/h2H,1H3. The molecule has 0 amide bonds. The van der Waals surface area contributed by atoms with Gasteiger partial charge in [-0.3, -0.25) is 0 Å². The van der Waals surface area contributed by atoms with Gasteiger partial charge in [-0.1, -0.05) is 0 Å². The van der Waals surface area contributed by atoms with Crippen LogP contribution in [0.1, 0.15) is 6.92 Å². The van der Waals surface area contributed by atoms with Crippen molar-refractivity contribution < 1.29 is 20.5 Å². The Balaban J connectivity index is 3.40. The van der Waals surface area contributed by atoms with E-state index in [2.05, 4.69) is 3.63 Å². The van der Waals surface area contributed by atoms with Crippen LogP contribution >= 0.6 is 0 Å². The zero-order chi connectivity index (χ0) is 7.99. The fourth-order valence-corrected chi connectivity index (χ4v) is 3.28. The predicted octanol–water partition coefficient (Wildman–Crippen LogP) is -0.462. The highest BCUT2D eigenvalue weighted by molar-refractivity contribution is 8.06. The Morgan fingerprint density at radius 1 is 1.30 bits per heavy atom. The molecule has 0 N–H and O–H groups in total. The van der Waals surface area contributed by atoms with Gasteiger partial charge in [0.25, 0.3) is 0 Å². The summed E-state index contributed by atoms with van der Waals surface area (Å²) in [6.07, 6.45) is 0. The van der Waals surface area contributed by atoms with Gasteiger partial charge in [0, 0.05) is 0 Å². The SMILES string of the molecule is CC1=CS(=O)(=O)OS1(=O)=O. The van der Waals surface area contributed by atoms with Crippen molar-refractivity contribution in [3.05, 3.63) is 10.3 Å². The Bertz CT molecular complexity index is 369. The van der Waals surface area contributed by atoms with Crippen LogP contribution in [0.5, 0.6) is 0 Å². The molecule has 0 bridgehead atoms. The van der Waals surface area contributed by atoms with E-state index in [0.717, 1.165) is 6.92 Å². The molecular weight excluding hydrogens is 180 g/mol. The van der Waals surface area contributed by atoms with Crippen LogP contribution in [0, 0.1) is 0 Å². The first-order valence-corrected chi connectivity index (χ1v) is 5.11. The van der Waals surface area contributed by atoms with Gasteiger partial charge < -0.3 is 0 Å². The zero-order valence-corrected chi connectivity index (χ0v) is 6.57. The summed E-state index contributed by atoms with van der Waals surface area (Å²) in [5.41, 5.74) is 0. The van der Waals surface area contributed by atoms with Crippen LogP contribution in [0.15, 0.2) is 10.3 Å². The first-order valence-electron chi connectivity index (χ1n) is 2.23. The lowest BCUT2D eigenvalue weighted by Gasteiger charge is -1.88. The van der Waals surface area contributed by atoms with Gasteiger partial charge in [-0.2, -0.15) is 16.8 Å².